The Morgan fingerprint density at radius 2 is 1.00 bits per heavy atom. The van der Waals surface area contributed by atoms with E-state index in [0.717, 1.165) is 0 Å². The first-order valence-electron chi connectivity index (χ1n) is 0. The Bertz CT molecular complexity index is 11.6. The zero-order valence-electron chi connectivity index (χ0n) is 2.14. The summed E-state index contributed by atoms with van der Waals surface area (Å²) in [4.78, 5) is 0. The summed E-state index contributed by atoms with van der Waals surface area (Å²) in [5.41, 5.74) is 0. The molecule has 0 aliphatic heterocycles. The summed E-state index contributed by atoms with van der Waals surface area (Å²) in [5, 5.41) is 0. The van der Waals surface area contributed by atoms with Gasteiger partial charge in [0.25, 0.3) is 0 Å². The maximum absolute atomic E-state index is 0. The van der Waals surface area contributed by atoms with Crippen LogP contribution in [-0.4, -0.2) is 17.4 Å². The SMILES string of the molecule is [AlH3].[CH3-].[Cr].[Fe].[Mn]. The van der Waals surface area contributed by atoms with Gasteiger partial charge in [0.05, 0.1) is 0 Å². The molecule has 0 saturated heterocycles. The number of rotatable bonds is 0. The Morgan fingerprint density at radius 3 is 1.00 bits per heavy atom. The third kappa shape index (κ3) is 23.2. The molecule has 0 N–H and O–H groups in total. The van der Waals surface area contributed by atoms with E-state index in [1.54, 1.807) is 0 Å². The van der Waals surface area contributed by atoms with Crippen molar-refractivity contribution in [2.75, 3.05) is 0 Å². The van der Waals surface area contributed by atoms with Crippen LogP contribution in [0, 0.1) is 7.43 Å². The summed E-state index contributed by atoms with van der Waals surface area (Å²) in [6.07, 6.45) is 0. The molecule has 0 saturated carbocycles. The molecule has 35 valence electrons. The van der Waals surface area contributed by atoms with Crippen molar-refractivity contribution in [2.45, 2.75) is 0 Å². The normalized spacial score (nSPS) is 0. The first kappa shape index (κ1) is 59.8. The molecule has 0 atom stereocenters. The minimum Gasteiger partial charge on any atom is -0.358 e. The molecule has 0 aliphatic rings. The van der Waals surface area contributed by atoms with Crippen molar-refractivity contribution in [3.63, 3.8) is 0 Å². The topological polar surface area (TPSA) is 0 Å². The molecule has 5 heavy (non-hydrogen) atoms. The van der Waals surface area contributed by atoms with Crippen molar-refractivity contribution >= 4 is 17.4 Å². The summed E-state index contributed by atoms with van der Waals surface area (Å²) < 4.78 is 0. The van der Waals surface area contributed by atoms with Crippen LogP contribution in [0.4, 0.5) is 0 Å². The van der Waals surface area contributed by atoms with Crippen molar-refractivity contribution < 1.29 is 51.5 Å². The zero-order chi connectivity index (χ0) is 0. The molecule has 4 heteroatoms. The molecule has 0 heterocycles. The fraction of sp³-hybridized carbons (Fsp3) is 0. The molecule has 0 amide bonds. The first-order valence-corrected chi connectivity index (χ1v) is 0. The van der Waals surface area contributed by atoms with E-state index in [-0.39, 0.29) is 76.3 Å². The molecule has 0 nitrogen and oxygen atoms in total. The predicted octanol–water partition coefficient (Wildman–Crippen LogP) is -0.741. The average molecular weight is 208 g/mol. The van der Waals surface area contributed by atoms with Gasteiger partial charge >= 0.3 is 0 Å². The molecule has 0 bridgehead atoms. The van der Waals surface area contributed by atoms with Crippen LogP contribution in [0.15, 0.2) is 0 Å². The summed E-state index contributed by atoms with van der Waals surface area (Å²) >= 11 is 0. The van der Waals surface area contributed by atoms with Crippen LogP contribution in [0.2, 0.25) is 0 Å². The Hall–Kier alpha value is 2.10. The van der Waals surface area contributed by atoms with Gasteiger partial charge < -0.3 is 7.43 Å². The Balaban J connectivity index is 0. The smallest absolute Gasteiger partial charge is 0.187 e. The molecule has 0 spiro atoms. The molecule has 0 aliphatic carbocycles. The van der Waals surface area contributed by atoms with Gasteiger partial charge in [-0.05, 0) is 0 Å². The summed E-state index contributed by atoms with van der Waals surface area (Å²) in [6.45, 7) is 0. The maximum atomic E-state index is 0. The van der Waals surface area contributed by atoms with Gasteiger partial charge in [-0.15, -0.1) is 0 Å². The monoisotopic (exact) mass is 208 g/mol. The molecular weight excluding hydrogens is 202 g/mol. The average Bonchev–Trinajstić information content (AvgIpc) is 0. The van der Waals surface area contributed by atoms with E-state index in [9.17, 15) is 0 Å². The first-order chi connectivity index (χ1) is 0. The maximum Gasteiger partial charge on any atom is 0.187 e. The van der Waals surface area contributed by atoms with E-state index in [2.05, 4.69) is 0 Å². The van der Waals surface area contributed by atoms with Gasteiger partial charge in [-0.2, -0.15) is 0 Å². The predicted molar refractivity (Wildman–Crippen MR) is 16.4 cm³/mol. The van der Waals surface area contributed by atoms with Crippen LogP contribution in [0.5, 0.6) is 0 Å². The van der Waals surface area contributed by atoms with Gasteiger partial charge in [0, 0.05) is 51.5 Å². The van der Waals surface area contributed by atoms with Gasteiger partial charge in [0.2, 0.25) is 0 Å². The number of hydrogen-bond acceptors (Lipinski definition) is 0. The van der Waals surface area contributed by atoms with Crippen molar-refractivity contribution in [3.8, 4) is 0 Å². The van der Waals surface area contributed by atoms with Crippen molar-refractivity contribution in [2.24, 2.45) is 0 Å². The molecule has 1 radical (unpaired) electrons. The molecule has 0 aromatic carbocycles. The molecule has 0 aromatic rings. The summed E-state index contributed by atoms with van der Waals surface area (Å²) in [7, 11) is 0. The van der Waals surface area contributed by atoms with Crippen molar-refractivity contribution in [1.29, 1.82) is 0 Å². The van der Waals surface area contributed by atoms with Crippen molar-refractivity contribution in [1.82, 2.24) is 0 Å². The van der Waals surface area contributed by atoms with Gasteiger partial charge in [-0.1, -0.05) is 0 Å². The van der Waals surface area contributed by atoms with Crippen molar-refractivity contribution in [3.05, 3.63) is 7.43 Å². The summed E-state index contributed by atoms with van der Waals surface area (Å²) in [6, 6.07) is 0. The molecule has 0 rings (SSSR count). The summed E-state index contributed by atoms with van der Waals surface area (Å²) in [5.74, 6) is 0. The third-order valence-corrected chi connectivity index (χ3v) is 0. The fourth-order valence-electron chi connectivity index (χ4n) is 0. The van der Waals surface area contributed by atoms with E-state index in [1.165, 1.54) is 0 Å². The van der Waals surface area contributed by atoms with Crippen LogP contribution >= 0.6 is 0 Å². The molecular formula is CH6AlCrFeMn-. The number of hydrogen-bond donors (Lipinski definition) is 0. The van der Waals surface area contributed by atoms with E-state index in [4.69, 9.17) is 0 Å². The Labute approximate surface area is 75.7 Å². The van der Waals surface area contributed by atoms with E-state index in [1.807, 2.05) is 0 Å². The second kappa shape index (κ2) is 35.9. The molecule has 0 unspecified atom stereocenters. The minimum atomic E-state index is 0. The van der Waals surface area contributed by atoms with Crippen LogP contribution in [0.1, 0.15) is 0 Å². The van der Waals surface area contributed by atoms with Gasteiger partial charge in [-0.25, -0.2) is 0 Å². The fourth-order valence-corrected chi connectivity index (χ4v) is 0. The van der Waals surface area contributed by atoms with E-state index >= 15 is 0 Å². The second-order valence-corrected chi connectivity index (χ2v) is 0. The molecule has 0 fully saturated rings. The van der Waals surface area contributed by atoms with Gasteiger partial charge in [0.1, 0.15) is 0 Å². The van der Waals surface area contributed by atoms with Crippen LogP contribution in [0.25, 0.3) is 0 Å². The standard InChI is InChI=1S/CH3.Al.Cr.Fe.Mn.3H/h1H3;;;;;;;/q-1;;;;;;;. The van der Waals surface area contributed by atoms with Gasteiger partial charge in [0.15, 0.2) is 17.4 Å². The quantitative estimate of drug-likeness (QED) is 0.363. The van der Waals surface area contributed by atoms with Crippen LogP contribution < -0.4 is 0 Å². The second-order valence-electron chi connectivity index (χ2n) is 0. The Morgan fingerprint density at radius 1 is 1.00 bits per heavy atom. The largest absolute Gasteiger partial charge is 0.358 e. The minimum absolute atomic E-state index is 0. The van der Waals surface area contributed by atoms with E-state index < -0.39 is 0 Å². The third-order valence-electron chi connectivity index (χ3n) is 0. The van der Waals surface area contributed by atoms with E-state index in [0.29, 0.717) is 0 Å². The van der Waals surface area contributed by atoms with Crippen LogP contribution in [-0.2, 0) is 51.5 Å². The zero-order valence-corrected chi connectivity index (χ0v) is 5.70. The van der Waals surface area contributed by atoms with Crippen LogP contribution in [0.3, 0.4) is 0 Å². The molecule has 0 aromatic heterocycles. The van der Waals surface area contributed by atoms with Gasteiger partial charge in [-0.3, -0.25) is 0 Å². The Kier molecular flexibility index (Phi) is 430.